The maximum absolute atomic E-state index is 15.4. The number of hydrogen-bond acceptors (Lipinski definition) is 6. The number of para-hydroxylation sites is 6. The van der Waals surface area contributed by atoms with Crippen LogP contribution in [0.4, 0.5) is 11.4 Å². The van der Waals surface area contributed by atoms with Crippen LogP contribution in [0.25, 0.3) is 88.0 Å². The van der Waals surface area contributed by atoms with Crippen LogP contribution < -0.4 is 20.7 Å². The lowest BCUT2D eigenvalue weighted by Crippen LogP contribution is -2.44. The van der Waals surface area contributed by atoms with Gasteiger partial charge in [0, 0.05) is 54.8 Å². The van der Waals surface area contributed by atoms with E-state index in [9.17, 15) is 9.59 Å². The van der Waals surface area contributed by atoms with E-state index in [1.807, 2.05) is 155 Å². The first-order chi connectivity index (χ1) is 36.3. The number of benzene rings is 10. The quantitative estimate of drug-likeness (QED) is 0.121. The minimum absolute atomic E-state index is 0.0686. The smallest absolute Gasteiger partial charge is 0.266 e. The summed E-state index contributed by atoms with van der Waals surface area (Å²) in [4.78, 5) is 91.0. The molecule has 0 radical (unpaired) electrons. The first-order valence-corrected chi connectivity index (χ1v) is 24.1. The minimum Gasteiger partial charge on any atom is -0.309 e. The van der Waals surface area contributed by atoms with Crippen molar-refractivity contribution in [2.75, 3.05) is 9.80 Å². The molecular formula is C64H36N4O6. The average molecular weight is 957 g/mol. The number of pyridine rings is 2. The third-order valence-electron chi connectivity index (χ3n) is 14.6. The van der Waals surface area contributed by atoms with Crippen LogP contribution in [-0.4, -0.2) is 32.8 Å². The summed E-state index contributed by atoms with van der Waals surface area (Å²) in [5.74, 6) is -2.42. The molecule has 0 saturated heterocycles. The van der Waals surface area contributed by atoms with E-state index in [0.29, 0.717) is 55.2 Å². The van der Waals surface area contributed by atoms with Crippen molar-refractivity contribution in [3.8, 4) is 33.6 Å². The Kier molecular flexibility index (Phi) is 9.26. The summed E-state index contributed by atoms with van der Waals surface area (Å²) in [6.45, 7) is 0. The Labute approximate surface area is 420 Å². The number of nitrogens with zero attached hydrogens (tertiary/aromatic N) is 4. The van der Waals surface area contributed by atoms with Gasteiger partial charge >= 0.3 is 0 Å². The van der Waals surface area contributed by atoms with E-state index in [1.165, 1.54) is 0 Å². The van der Waals surface area contributed by atoms with Crippen molar-refractivity contribution in [1.82, 2.24) is 9.13 Å². The third kappa shape index (κ3) is 6.05. The van der Waals surface area contributed by atoms with E-state index in [-0.39, 0.29) is 43.9 Å². The van der Waals surface area contributed by atoms with Crippen LogP contribution in [0.3, 0.4) is 0 Å². The van der Waals surface area contributed by atoms with Crippen LogP contribution in [0.1, 0.15) is 41.4 Å². The number of hydrogen-bond donors (Lipinski definition) is 0. The Morgan fingerprint density at radius 1 is 0.257 bits per heavy atom. The maximum Gasteiger partial charge on any atom is 0.266 e. The number of rotatable bonds is 6. The monoisotopic (exact) mass is 956 g/mol. The first kappa shape index (κ1) is 42.5. The standard InChI is InChI=1S/C64H36N4O6/c69-59-43-19-7-11-23-51(43)65(52-24-12-8-20-44(52)59)41-31-27-37(28-32-41)47-36-50-56-55-49(61(71)67(63(73)57(47)55)39-15-3-1-4-16-39)35-48(58(56)64(74)68(62(50)72)40-17-5-2-6-18-40)38-29-33-42(34-30-38)66-53-25-13-9-21-45(53)60(70)46-22-10-14-26-54(46)66/h1-36H. The second kappa shape index (κ2) is 16.1. The number of carbonyl (C=O) groups excluding carboxylic acids is 4. The summed E-state index contributed by atoms with van der Waals surface area (Å²) in [6, 6.07) is 65.8. The van der Waals surface area contributed by atoms with Crippen molar-refractivity contribution in [3.63, 3.8) is 0 Å². The van der Waals surface area contributed by atoms with Gasteiger partial charge in [-0.25, -0.2) is 9.80 Å². The Hall–Kier alpha value is -10.3. The lowest BCUT2D eigenvalue weighted by molar-refractivity contribution is 0.0873. The number of amides is 4. The predicted molar refractivity (Wildman–Crippen MR) is 291 cm³/mol. The number of fused-ring (bicyclic) bond motifs is 4. The molecule has 0 bridgehead atoms. The van der Waals surface area contributed by atoms with E-state index >= 15 is 19.2 Å². The molecule has 0 aliphatic carbocycles. The van der Waals surface area contributed by atoms with Crippen molar-refractivity contribution in [2.24, 2.45) is 0 Å². The Morgan fingerprint density at radius 2 is 0.554 bits per heavy atom. The largest absolute Gasteiger partial charge is 0.309 e. The molecule has 10 heteroatoms. The van der Waals surface area contributed by atoms with Gasteiger partial charge in [-0.15, -0.1) is 0 Å². The van der Waals surface area contributed by atoms with Crippen LogP contribution in [0, 0.1) is 0 Å². The van der Waals surface area contributed by atoms with Crippen molar-refractivity contribution < 1.29 is 19.2 Å². The summed E-state index contributed by atoms with van der Waals surface area (Å²) in [7, 11) is 0. The molecule has 4 amide bonds. The van der Waals surface area contributed by atoms with Crippen LogP contribution in [0.15, 0.2) is 228 Å². The van der Waals surface area contributed by atoms with Crippen molar-refractivity contribution in [1.29, 1.82) is 0 Å². The fourth-order valence-corrected chi connectivity index (χ4v) is 11.3. The third-order valence-corrected chi connectivity index (χ3v) is 14.6. The van der Waals surface area contributed by atoms with Crippen LogP contribution in [0.2, 0.25) is 0 Å². The van der Waals surface area contributed by atoms with Gasteiger partial charge in [0.15, 0.2) is 10.9 Å². The molecule has 0 fully saturated rings. The van der Waals surface area contributed by atoms with Gasteiger partial charge in [0.25, 0.3) is 23.6 Å². The van der Waals surface area contributed by atoms with Crippen LogP contribution in [-0.2, 0) is 0 Å². The number of carbonyl (C=O) groups is 4. The van der Waals surface area contributed by atoms with E-state index in [2.05, 4.69) is 0 Å². The van der Waals surface area contributed by atoms with Crippen molar-refractivity contribution in [3.05, 3.63) is 261 Å². The summed E-state index contributed by atoms with van der Waals surface area (Å²) in [5, 5.41) is 2.70. The summed E-state index contributed by atoms with van der Waals surface area (Å²) < 4.78 is 4.06. The lowest BCUT2D eigenvalue weighted by Gasteiger charge is -2.34. The van der Waals surface area contributed by atoms with E-state index in [1.54, 1.807) is 72.8 Å². The number of imide groups is 2. The van der Waals surface area contributed by atoms with Gasteiger partial charge in [0.2, 0.25) is 0 Å². The fourth-order valence-electron chi connectivity index (χ4n) is 11.3. The van der Waals surface area contributed by atoms with Gasteiger partial charge < -0.3 is 9.13 Å². The van der Waals surface area contributed by atoms with Gasteiger partial charge in [-0.3, -0.25) is 28.8 Å². The highest BCUT2D eigenvalue weighted by molar-refractivity contribution is 6.44. The summed E-state index contributed by atoms with van der Waals surface area (Å²) in [6.07, 6.45) is 0. The molecule has 2 aromatic heterocycles. The number of anilines is 2. The maximum atomic E-state index is 15.4. The summed E-state index contributed by atoms with van der Waals surface area (Å²) >= 11 is 0. The van der Waals surface area contributed by atoms with Gasteiger partial charge in [-0.1, -0.05) is 109 Å². The molecular weight excluding hydrogens is 921 g/mol. The zero-order valence-electron chi connectivity index (χ0n) is 39.0. The molecule has 348 valence electrons. The molecule has 0 N–H and O–H groups in total. The van der Waals surface area contributed by atoms with Crippen molar-refractivity contribution in [2.45, 2.75) is 0 Å². The highest BCUT2D eigenvalue weighted by atomic mass is 16.2. The minimum atomic E-state index is -0.606. The van der Waals surface area contributed by atoms with Crippen LogP contribution in [0.5, 0.6) is 0 Å². The first-order valence-electron chi connectivity index (χ1n) is 24.1. The molecule has 10 nitrogen and oxygen atoms in total. The zero-order valence-corrected chi connectivity index (χ0v) is 39.0. The fraction of sp³-hybridized carbons (Fsp3) is 0. The van der Waals surface area contributed by atoms with E-state index < -0.39 is 23.6 Å². The average Bonchev–Trinajstić information content (AvgIpc) is 3.57. The van der Waals surface area contributed by atoms with Crippen molar-refractivity contribution >= 4 is 89.4 Å². The molecule has 0 unspecified atom stereocenters. The van der Waals surface area contributed by atoms with E-state index in [4.69, 9.17) is 0 Å². The Balaban J connectivity index is 1.02. The molecule has 4 heterocycles. The number of aromatic nitrogens is 2. The van der Waals surface area contributed by atoms with Gasteiger partial charge in [-0.05, 0) is 131 Å². The molecule has 14 rings (SSSR count). The van der Waals surface area contributed by atoms with Gasteiger partial charge in [0.1, 0.15) is 0 Å². The van der Waals surface area contributed by atoms with Gasteiger partial charge in [-0.2, -0.15) is 0 Å². The van der Waals surface area contributed by atoms with Crippen LogP contribution >= 0.6 is 0 Å². The Bertz CT molecular complexity index is 4190. The molecule has 12 aromatic rings. The second-order valence-electron chi connectivity index (χ2n) is 18.5. The normalized spacial score (nSPS) is 13.3. The Morgan fingerprint density at radius 3 is 0.878 bits per heavy atom. The molecule has 74 heavy (non-hydrogen) atoms. The topological polar surface area (TPSA) is 119 Å². The highest BCUT2D eigenvalue weighted by Gasteiger charge is 2.44. The molecule has 2 aliphatic rings. The van der Waals surface area contributed by atoms with E-state index in [0.717, 1.165) is 43.2 Å². The lowest BCUT2D eigenvalue weighted by atomic mass is 9.79. The van der Waals surface area contributed by atoms with Gasteiger partial charge in [0.05, 0.1) is 44.6 Å². The molecule has 10 aromatic carbocycles. The molecule has 0 atom stereocenters. The highest BCUT2D eigenvalue weighted by Crippen LogP contribution is 2.48. The molecule has 2 aliphatic heterocycles. The molecule has 0 spiro atoms. The predicted octanol–water partition coefficient (Wildman–Crippen LogP) is 12.7. The molecule has 0 saturated carbocycles. The SMILES string of the molecule is O=C1c2cc(-c3ccc(-n4c5ccccc5c(=O)c5ccccc54)cc3)c3c4c(cc(-c5ccc(-n6c7ccccc7c(=O)c7ccccc76)cc5)c(c24)C(=O)N1c1ccccc1)C(=O)N(c1ccccc1)C3=O. The second-order valence-corrected chi connectivity index (χ2v) is 18.5. The zero-order chi connectivity index (χ0) is 49.9. The summed E-state index contributed by atoms with van der Waals surface area (Å²) in [5.41, 5.74) is 7.56.